The molecule has 1 aromatic heterocycles. The SMILES string of the molecule is CC.CC/C=C\C(=C/Cc1sc(C(=N)c2cccc(Cl)c2N)nc1C)OC. The predicted octanol–water partition coefficient (Wildman–Crippen LogP) is 6.17. The number of hydrogen-bond donors (Lipinski definition) is 2. The Labute approximate surface area is 171 Å². The largest absolute Gasteiger partial charge is 0.497 e. The van der Waals surface area contributed by atoms with Gasteiger partial charge in [0, 0.05) is 16.9 Å². The molecule has 27 heavy (non-hydrogen) atoms. The van der Waals surface area contributed by atoms with Gasteiger partial charge >= 0.3 is 0 Å². The van der Waals surface area contributed by atoms with Crippen molar-refractivity contribution in [2.75, 3.05) is 12.8 Å². The Morgan fingerprint density at radius 1 is 1.37 bits per heavy atom. The third kappa shape index (κ3) is 6.22. The van der Waals surface area contributed by atoms with Crippen LogP contribution in [0.4, 0.5) is 5.69 Å². The highest BCUT2D eigenvalue weighted by Gasteiger charge is 2.16. The van der Waals surface area contributed by atoms with Crippen molar-refractivity contribution >= 4 is 34.3 Å². The smallest absolute Gasteiger partial charge is 0.142 e. The maximum Gasteiger partial charge on any atom is 0.142 e. The summed E-state index contributed by atoms with van der Waals surface area (Å²) in [6, 6.07) is 5.29. The van der Waals surface area contributed by atoms with E-state index in [-0.39, 0.29) is 0 Å². The summed E-state index contributed by atoms with van der Waals surface area (Å²) < 4.78 is 5.35. The lowest BCUT2D eigenvalue weighted by atomic mass is 10.1. The normalized spacial score (nSPS) is 11.3. The molecule has 0 unspecified atom stereocenters. The molecule has 0 aliphatic rings. The highest BCUT2D eigenvalue weighted by molar-refractivity contribution is 7.14. The number of nitrogen functional groups attached to an aromatic ring is 1. The second-order valence-electron chi connectivity index (χ2n) is 5.43. The molecule has 0 saturated heterocycles. The number of nitrogens with zero attached hydrogens (tertiary/aromatic N) is 1. The first kappa shape index (κ1) is 22.9. The van der Waals surface area contributed by atoms with Crippen LogP contribution in [0, 0.1) is 12.3 Å². The standard InChI is InChI=1S/C19H22ClN3OS.C2H6/c1-4-5-7-13(24-3)10-11-16-12(2)23-19(25-16)18(22)14-8-6-9-15(20)17(14)21;1-2/h5-10,22H,4,11,21H2,1-3H3;1-2H3/b7-5-,13-10+,22-18?;. The zero-order valence-corrected chi connectivity index (χ0v) is 18.2. The average molecular weight is 406 g/mol. The number of anilines is 1. The fourth-order valence-electron chi connectivity index (χ4n) is 2.24. The Morgan fingerprint density at radius 2 is 2.07 bits per heavy atom. The first-order valence-electron chi connectivity index (χ1n) is 8.98. The second-order valence-corrected chi connectivity index (χ2v) is 6.92. The zero-order valence-electron chi connectivity index (χ0n) is 16.6. The van der Waals surface area contributed by atoms with E-state index in [2.05, 4.69) is 18.0 Å². The number of nitrogens with two attached hydrogens (primary N) is 1. The number of thiazole rings is 1. The molecule has 0 bridgehead atoms. The summed E-state index contributed by atoms with van der Waals surface area (Å²) in [5, 5.41) is 9.51. The molecule has 0 aliphatic heterocycles. The molecule has 2 aromatic rings. The molecule has 3 N–H and O–H groups in total. The van der Waals surface area contributed by atoms with E-state index in [0.717, 1.165) is 22.8 Å². The molecule has 6 heteroatoms. The third-order valence-electron chi connectivity index (χ3n) is 3.67. The highest BCUT2D eigenvalue weighted by Crippen LogP contribution is 2.27. The van der Waals surface area contributed by atoms with Crippen molar-refractivity contribution in [3.05, 3.63) is 68.4 Å². The van der Waals surface area contributed by atoms with Crippen molar-refractivity contribution in [3.8, 4) is 0 Å². The summed E-state index contributed by atoms with van der Waals surface area (Å²) in [5.41, 5.74) is 8.22. The molecule has 0 fully saturated rings. The Bertz CT molecular complexity index is 825. The van der Waals surface area contributed by atoms with Gasteiger partial charge in [0.1, 0.15) is 10.8 Å². The number of methoxy groups -OCH3 is 1. The van der Waals surface area contributed by atoms with Gasteiger partial charge in [-0.15, -0.1) is 11.3 Å². The van der Waals surface area contributed by atoms with Crippen LogP contribution >= 0.6 is 22.9 Å². The van der Waals surface area contributed by atoms with E-state index in [0.29, 0.717) is 33.4 Å². The summed E-state index contributed by atoms with van der Waals surface area (Å²) in [4.78, 5) is 5.63. The van der Waals surface area contributed by atoms with Gasteiger partial charge in [0.25, 0.3) is 0 Å². The van der Waals surface area contributed by atoms with E-state index < -0.39 is 0 Å². The van der Waals surface area contributed by atoms with Crippen LogP contribution in [-0.4, -0.2) is 17.8 Å². The summed E-state index contributed by atoms with van der Waals surface area (Å²) in [7, 11) is 1.66. The van der Waals surface area contributed by atoms with Crippen LogP contribution in [0.5, 0.6) is 0 Å². The predicted molar refractivity (Wildman–Crippen MR) is 118 cm³/mol. The van der Waals surface area contributed by atoms with E-state index >= 15 is 0 Å². The van der Waals surface area contributed by atoms with Gasteiger partial charge in [-0.1, -0.05) is 50.6 Å². The lowest BCUT2D eigenvalue weighted by Crippen LogP contribution is -2.05. The number of allylic oxidation sites excluding steroid dienone is 3. The minimum absolute atomic E-state index is 0.293. The van der Waals surface area contributed by atoms with Crippen molar-refractivity contribution in [3.63, 3.8) is 0 Å². The maximum absolute atomic E-state index is 8.42. The van der Waals surface area contributed by atoms with Gasteiger partial charge in [0.05, 0.1) is 29.2 Å². The summed E-state index contributed by atoms with van der Waals surface area (Å²) in [6.45, 7) is 8.03. The molecule has 4 nitrogen and oxygen atoms in total. The number of aromatic nitrogens is 1. The molecule has 0 amide bonds. The van der Waals surface area contributed by atoms with E-state index in [4.69, 9.17) is 27.5 Å². The molecule has 146 valence electrons. The Balaban J connectivity index is 0.00000176. The number of rotatable bonds is 7. The Morgan fingerprint density at radius 3 is 2.70 bits per heavy atom. The fraction of sp³-hybridized carbons (Fsp3) is 0.333. The first-order valence-corrected chi connectivity index (χ1v) is 10.2. The number of nitrogens with one attached hydrogen (secondary N) is 1. The van der Waals surface area contributed by atoms with Crippen LogP contribution in [0.25, 0.3) is 0 Å². The van der Waals surface area contributed by atoms with Crippen molar-refractivity contribution in [2.45, 2.75) is 40.5 Å². The number of halogens is 1. The van der Waals surface area contributed by atoms with Crippen molar-refractivity contribution in [2.24, 2.45) is 0 Å². The summed E-state index contributed by atoms with van der Waals surface area (Å²) in [5.74, 6) is 0.824. The minimum atomic E-state index is 0.293. The number of benzene rings is 1. The third-order valence-corrected chi connectivity index (χ3v) is 5.20. The van der Waals surface area contributed by atoms with Crippen LogP contribution in [0.2, 0.25) is 5.02 Å². The maximum atomic E-state index is 8.42. The van der Waals surface area contributed by atoms with E-state index in [9.17, 15) is 0 Å². The van der Waals surface area contributed by atoms with Gasteiger partial charge in [-0.25, -0.2) is 4.98 Å². The average Bonchev–Trinajstić information content (AvgIpc) is 3.06. The molecule has 0 radical (unpaired) electrons. The monoisotopic (exact) mass is 405 g/mol. The van der Waals surface area contributed by atoms with Gasteiger partial charge < -0.3 is 10.5 Å². The van der Waals surface area contributed by atoms with E-state index in [1.807, 2.05) is 32.9 Å². The van der Waals surface area contributed by atoms with Crippen molar-refractivity contribution in [1.29, 1.82) is 5.41 Å². The van der Waals surface area contributed by atoms with Crippen molar-refractivity contribution in [1.82, 2.24) is 4.98 Å². The molecule has 0 aliphatic carbocycles. The molecule has 0 saturated carbocycles. The molecular weight excluding hydrogens is 378 g/mol. The van der Waals surface area contributed by atoms with Crippen LogP contribution in [0.1, 0.15) is 48.3 Å². The van der Waals surface area contributed by atoms with Crippen LogP contribution in [0.3, 0.4) is 0 Å². The number of aryl methyl sites for hydroxylation is 1. The lowest BCUT2D eigenvalue weighted by molar-refractivity contribution is 0.305. The van der Waals surface area contributed by atoms with Crippen LogP contribution in [-0.2, 0) is 11.2 Å². The van der Waals surface area contributed by atoms with Gasteiger partial charge in [-0.3, -0.25) is 5.41 Å². The summed E-state index contributed by atoms with van der Waals surface area (Å²) >= 11 is 7.55. The van der Waals surface area contributed by atoms with E-state index in [1.54, 1.807) is 25.3 Å². The van der Waals surface area contributed by atoms with Gasteiger partial charge in [0.15, 0.2) is 0 Å². The topological polar surface area (TPSA) is 72.0 Å². The van der Waals surface area contributed by atoms with Crippen LogP contribution < -0.4 is 5.73 Å². The van der Waals surface area contributed by atoms with Gasteiger partial charge in [-0.05, 0) is 31.6 Å². The summed E-state index contributed by atoms with van der Waals surface area (Å²) in [6.07, 6.45) is 7.71. The number of hydrogen-bond acceptors (Lipinski definition) is 5. The Hall–Kier alpha value is -2.11. The highest BCUT2D eigenvalue weighted by atomic mass is 35.5. The van der Waals surface area contributed by atoms with Crippen molar-refractivity contribution < 1.29 is 4.74 Å². The second kappa shape index (κ2) is 11.6. The molecule has 2 rings (SSSR count). The van der Waals surface area contributed by atoms with E-state index in [1.165, 1.54) is 11.3 Å². The molecular formula is C21H28ClN3OS. The van der Waals surface area contributed by atoms with Gasteiger partial charge in [-0.2, -0.15) is 0 Å². The first-order chi connectivity index (χ1) is 13.0. The number of ether oxygens (including phenoxy) is 1. The molecule has 0 spiro atoms. The van der Waals surface area contributed by atoms with Gasteiger partial charge in [0.2, 0.25) is 0 Å². The van der Waals surface area contributed by atoms with Crippen LogP contribution in [0.15, 0.2) is 42.2 Å². The molecule has 1 heterocycles. The molecule has 0 atom stereocenters. The number of para-hydroxylation sites is 1. The quantitative estimate of drug-likeness (QED) is 0.250. The lowest BCUT2D eigenvalue weighted by Gasteiger charge is -2.06. The fourth-order valence-corrected chi connectivity index (χ4v) is 3.40. The zero-order chi connectivity index (χ0) is 20.4. The minimum Gasteiger partial charge on any atom is -0.497 e. The Kier molecular flexibility index (Phi) is 9.83. The molecule has 1 aromatic carbocycles.